The first-order valence-electron chi connectivity index (χ1n) is 18.3. The highest BCUT2D eigenvalue weighted by Gasteiger charge is 2.39. The van der Waals surface area contributed by atoms with Gasteiger partial charge in [-0.05, 0) is 75.5 Å². The van der Waals surface area contributed by atoms with Crippen molar-refractivity contribution in [3.05, 3.63) is 191 Å². The number of pyridine rings is 1. The molecule has 5 aromatic carbocycles. The van der Waals surface area contributed by atoms with Gasteiger partial charge in [0.1, 0.15) is 5.82 Å². The van der Waals surface area contributed by atoms with Crippen molar-refractivity contribution in [3.63, 3.8) is 0 Å². The minimum Gasteiger partial charge on any atom is -0.354 e. The van der Waals surface area contributed by atoms with Gasteiger partial charge in [-0.1, -0.05) is 137 Å². The number of rotatable bonds is 9. The molecule has 5 nitrogen and oxygen atoms in total. The van der Waals surface area contributed by atoms with Crippen molar-refractivity contribution in [2.75, 3.05) is 23.5 Å². The summed E-state index contributed by atoms with van der Waals surface area (Å²) in [5.74, 6) is 2.64. The molecule has 52 heavy (non-hydrogen) atoms. The van der Waals surface area contributed by atoms with Crippen LogP contribution in [0.5, 0.6) is 0 Å². The van der Waals surface area contributed by atoms with Gasteiger partial charge in [-0.15, -0.1) is 0 Å². The Bertz CT molecular complexity index is 2260. The van der Waals surface area contributed by atoms with Crippen LogP contribution in [-0.4, -0.2) is 28.3 Å². The molecule has 7 aromatic rings. The summed E-state index contributed by atoms with van der Waals surface area (Å²) in [7, 11) is 2.13. The number of para-hydroxylation sites is 1. The average Bonchev–Trinajstić information content (AvgIpc) is 3.81. The number of hydrogen-bond donors (Lipinski definition) is 0. The normalized spacial score (nSPS) is 12.9. The summed E-state index contributed by atoms with van der Waals surface area (Å²) < 4.78 is 2.31. The van der Waals surface area contributed by atoms with Gasteiger partial charge in [0.25, 0.3) is 0 Å². The zero-order valence-electron chi connectivity index (χ0n) is 30.6. The summed E-state index contributed by atoms with van der Waals surface area (Å²) in [6.07, 6.45) is 5.94. The van der Waals surface area contributed by atoms with Crippen molar-refractivity contribution in [2.45, 2.75) is 44.9 Å². The van der Waals surface area contributed by atoms with E-state index in [0.29, 0.717) is 11.8 Å². The Morgan fingerprint density at radius 3 is 1.83 bits per heavy atom. The highest BCUT2D eigenvalue weighted by Crippen LogP contribution is 2.48. The van der Waals surface area contributed by atoms with Crippen molar-refractivity contribution in [2.24, 2.45) is 0 Å². The Hall–Kier alpha value is -5.94. The summed E-state index contributed by atoms with van der Waals surface area (Å²) in [6.45, 7) is 9.83. The first-order valence-corrected chi connectivity index (χ1v) is 18.3. The van der Waals surface area contributed by atoms with E-state index < -0.39 is 5.41 Å². The predicted molar refractivity (Wildman–Crippen MR) is 215 cm³/mol. The van der Waals surface area contributed by atoms with Gasteiger partial charge < -0.3 is 9.80 Å². The summed E-state index contributed by atoms with van der Waals surface area (Å²) in [6, 6.07) is 50.8. The Morgan fingerprint density at radius 2 is 1.17 bits per heavy atom. The van der Waals surface area contributed by atoms with E-state index in [1.807, 2.05) is 18.5 Å². The minimum absolute atomic E-state index is 0.365. The lowest BCUT2D eigenvalue weighted by Gasteiger charge is -2.37. The van der Waals surface area contributed by atoms with E-state index in [-0.39, 0.29) is 0 Å². The molecule has 0 spiro atoms. The molecule has 0 atom stereocenters. The number of nitrogens with zero attached hydrogens (tertiary/aromatic N) is 5. The Balaban J connectivity index is 1.36. The molecule has 3 heterocycles. The van der Waals surface area contributed by atoms with Crippen molar-refractivity contribution in [1.29, 1.82) is 0 Å². The molecule has 0 amide bonds. The topological polar surface area (TPSA) is 37.2 Å². The van der Waals surface area contributed by atoms with Crippen LogP contribution >= 0.6 is 0 Å². The van der Waals surface area contributed by atoms with Crippen LogP contribution in [-0.2, 0) is 5.41 Å². The van der Waals surface area contributed by atoms with Crippen molar-refractivity contribution in [3.8, 4) is 17.1 Å². The molecule has 0 saturated heterocycles. The zero-order valence-corrected chi connectivity index (χ0v) is 30.6. The van der Waals surface area contributed by atoms with Crippen LogP contribution < -0.4 is 9.80 Å². The molecule has 0 bridgehead atoms. The molecule has 0 unspecified atom stereocenters. The number of hydrogen-bond acceptors (Lipinski definition) is 4. The van der Waals surface area contributed by atoms with E-state index in [4.69, 9.17) is 9.97 Å². The van der Waals surface area contributed by atoms with Gasteiger partial charge in [-0.25, -0.2) is 9.97 Å². The minimum atomic E-state index is -0.635. The molecule has 0 aliphatic carbocycles. The second-order valence-corrected chi connectivity index (χ2v) is 14.4. The summed E-state index contributed by atoms with van der Waals surface area (Å²) in [5, 5.41) is 0. The number of imidazole rings is 1. The molecule has 0 radical (unpaired) electrons. The molecule has 5 heteroatoms. The van der Waals surface area contributed by atoms with Crippen LogP contribution in [0.3, 0.4) is 0 Å². The van der Waals surface area contributed by atoms with E-state index in [0.717, 1.165) is 35.2 Å². The first kappa shape index (κ1) is 33.2. The molecule has 1 aliphatic heterocycles. The SMILES string of the molecule is CC(C)c1cccc(C(C)C)c1-n1ccnc1-c1cccc(C(c2ccccc2)(c2ccccc2)c2cccc(N3CN(C)c4cccnc43)c2)c1. The monoisotopic (exact) mass is 679 g/mol. The van der Waals surface area contributed by atoms with E-state index in [9.17, 15) is 0 Å². The van der Waals surface area contributed by atoms with Crippen LogP contribution in [0.1, 0.15) is 72.9 Å². The molecule has 0 saturated carbocycles. The number of anilines is 3. The van der Waals surface area contributed by atoms with Gasteiger partial charge in [0.15, 0.2) is 5.82 Å². The van der Waals surface area contributed by atoms with Crippen molar-refractivity contribution < 1.29 is 0 Å². The maximum atomic E-state index is 5.04. The molecule has 258 valence electrons. The number of fused-ring (bicyclic) bond motifs is 1. The summed E-state index contributed by atoms with van der Waals surface area (Å²) in [5.41, 5.74) is 11.3. The van der Waals surface area contributed by atoms with Crippen LogP contribution in [0.15, 0.2) is 158 Å². The molecule has 0 fully saturated rings. The molecule has 1 aliphatic rings. The predicted octanol–water partition coefficient (Wildman–Crippen LogP) is 11.1. The lowest BCUT2D eigenvalue weighted by Crippen LogP contribution is -2.31. The number of aromatic nitrogens is 3. The van der Waals surface area contributed by atoms with Crippen LogP contribution in [0.2, 0.25) is 0 Å². The van der Waals surface area contributed by atoms with Gasteiger partial charge in [-0.2, -0.15) is 0 Å². The third-order valence-corrected chi connectivity index (χ3v) is 10.6. The molecular weight excluding hydrogens is 635 g/mol. The van der Waals surface area contributed by atoms with Gasteiger partial charge in [0.05, 0.1) is 23.5 Å². The summed E-state index contributed by atoms with van der Waals surface area (Å²) in [4.78, 5) is 14.4. The van der Waals surface area contributed by atoms with Crippen LogP contribution in [0, 0.1) is 0 Å². The third kappa shape index (κ3) is 5.57. The highest BCUT2D eigenvalue weighted by molar-refractivity contribution is 5.79. The van der Waals surface area contributed by atoms with Crippen LogP contribution in [0.25, 0.3) is 17.1 Å². The zero-order chi connectivity index (χ0) is 35.8. The largest absolute Gasteiger partial charge is 0.354 e. The molecule has 8 rings (SSSR count). The quantitative estimate of drug-likeness (QED) is 0.142. The maximum absolute atomic E-state index is 5.04. The van der Waals surface area contributed by atoms with Crippen LogP contribution in [0.4, 0.5) is 17.2 Å². The Kier molecular flexibility index (Phi) is 8.72. The van der Waals surface area contributed by atoms with E-state index in [1.165, 1.54) is 39.1 Å². The van der Waals surface area contributed by atoms with Gasteiger partial charge in [0.2, 0.25) is 0 Å². The smallest absolute Gasteiger partial charge is 0.158 e. The summed E-state index contributed by atoms with van der Waals surface area (Å²) >= 11 is 0. The molecule has 2 aromatic heterocycles. The van der Waals surface area contributed by atoms with E-state index >= 15 is 0 Å². The van der Waals surface area contributed by atoms with E-state index in [2.05, 4.69) is 189 Å². The van der Waals surface area contributed by atoms with Gasteiger partial charge in [-0.3, -0.25) is 4.57 Å². The highest BCUT2D eigenvalue weighted by atomic mass is 15.4. The molecule has 0 N–H and O–H groups in total. The molecular formula is C47H45N5. The lowest BCUT2D eigenvalue weighted by molar-refractivity contribution is 0.744. The Morgan fingerprint density at radius 1 is 0.577 bits per heavy atom. The maximum Gasteiger partial charge on any atom is 0.158 e. The fourth-order valence-corrected chi connectivity index (χ4v) is 8.12. The fourth-order valence-electron chi connectivity index (χ4n) is 8.12. The Labute approximate surface area is 307 Å². The van der Waals surface area contributed by atoms with Crippen molar-refractivity contribution >= 4 is 17.2 Å². The first-order chi connectivity index (χ1) is 25.4. The number of benzene rings is 5. The van der Waals surface area contributed by atoms with Gasteiger partial charge >= 0.3 is 0 Å². The average molecular weight is 680 g/mol. The second-order valence-electron chi connectivity index (χ2n) is 14.4. The van der Waals surface area contributed by atoms with Gasteiger partial charge in [0, 0.05) is 36.9 Å². The second kappa shape index (κ2) is 13.6. The third-order valence-electron chi connectivity index (χ3n) is 10.6. The lowest BCUT2D eigenvalue weighted by atomic mass is 9.65. The fraction of sp³-hybridized carbons (Fsp3) is 0.191. The van der Waals surface area contributed by atoms with Crippen molar-refractivity contribution in [1.82, 2.24) is 14.5 Å². The standard InChI is InChI=1S/C47H45N5/c1-33(2)41-24-14-25-42(34(3)4)44(41)51-29-28-49-45(51)35-16-12-21-38(30-35)47(36-17-8-6-9-18-36,37-19-10-7-11-20-37)39-22-13-23-40(31-39)52-32-50(5)43-26-15-27-48-46(43)52/h6-31,33-34H,32H2,1-5H3. The van der Waals surface area contributed by atoms with E-state index in [1.54, 1.807) is 0 Å².